The number of amides is 1. The van der Waals surface area contributed by atoms with Gasteiger partial charge in [0.2, 0.25) is 5.91 Å². The molecule has 2 rings (SSSR count). The fourth-order valence-electron chi connectivity index (χ4n) is 2.90. The average Bonchev–Trinajstić information content (AvgIpc) is 3.10. The number of nitrogens with zero attached hydrogens (tertiary/aromatic N) is 1. The van der Waals surface area contributed by atoms with Crippen molar-refractivity contribution >= 4 is 5.91 Å². The van der Waals surface area contributed by atoms with Crippen molar-refractivity contribution in [2.45, 2.75) is 43.7 Å². The van der Waals surface area contributed by atoms with Crippen LogP contribution in [0.2, 0.25) is 0 Å². The Morgan fingerprint density at radius 1 is 1.47 bits per heavy atom. The van der Waals surface area contributed by atoms with Gasteiger partial charge in [0, 0.05) is 19.2 Å². The van der Waals surface area contributed by atoms with Gasteiger partial charge < -0.3 is 20.7 Å². The second-order valence-electron chi connectivity index (χ2n) is 6.09. The summed E-state index contributed by atoms with van der Waals surface area (Å²) in [7, 11) is 3.93. The predicted octanol–water partition coefficient (Wildman–Crippen LogP) is 0.341. The largest absolute Gasteiger partial charge is 0.380 e. The lowest BCUT2D eigenvalue weighted by molar-refractivity contribution is -0.124. The molecule has 0 spiro atoms. The van der Waals surface area contributed by atoms with E-state index in [1.54, 1.807) is 0 Å². The van der Waals surface area contributed by atoms with Crippen molar-refractivity contribution in [3.05, 3.63) is 0 Å². The Morgan fingerprint density at radius 2 is 2.21 bits per heavy atom. The van der Waals surface area contributed by atoms with Crippen LogP contribution in [0.4, 0.5) is 0 Å². The van der Waals surface area contributed by atoms with Gasteiger partial charge in [-0.05, 0) is 52.1 Å². The van der Waals surface area contributed by atoms with Crippen molar-refractivity contribution in [1.29, 1.82) is 0 Å². The van der Waals surface area contributed by atoms with Gasteiger partial charge >= 0.3 is 0 Å². The van der Waals surface area contributed by atoms with Gasteiger partial charge in [0.15, 0.2) is 0 Å². The van der Waals surface area contributed by atoms with Crippen LogP contribution in [0.5, 0.6) is 0 Å². The molecule has 1 amide bonds. The van der Waals surface area contributed by atoms with Crippen LogP contribution in [0.15, 0.2) is 0 Å². The van der Waals surface area contributed by atoms with Gasteiger partial charge in [-0.1, -0.05) is 0 Å². The van der Waals surface area contributed by atoms with Gasteiger partial charge in [0.1, 0.15) is 0 Å². The number of primary amides is 1. The van der Waals surface area contributed by atoms with E-state index in [0.29, 0.717) is 6.04 Å². The van der Waals surface area contributed by atoms with E-state index in [2.05, 4.69) is 17.3 Å². The zero-order valence-corrected chi connectivity index (χ0v) is 12.2. The lowest BCUT2D eigenvalue weighted by Crippen LogP contribution is -2.53. The fraction of sp³-hybridized carbons (Fsp3) is 0.929. The molecular formula is C14H27N3O2. The van der Waals surface area contributed by atoms with Crippen LogP contribution >= 0.6 is 0 Å². The summed E-state index contributed by atoms with van der Waals surface area (Å²) in [6.45, 7) is 2.63. The first-order valence-corrected chi connectivity index (χ1v) is 7.34. The Labute approximate surface area is 115 Å². The van der Waals surface area contributed by atoms with Crippen LogP contribution < -0.4 is 11.1 Å². The molecule has 5 heteroatoms. The molecule has 2 aliphatic carbocycles. The van der Waals surface area contributed by atoms with Crippen molar-refractivity contribution in [2.24, 2.45) is 11.7 Å². The third-order valence-corrected chi connectivity index (χ3v) is 4.70. The molecule has 19 heavy (non-hydrogen) atoms. The molecule has 0 aliphatic heterocycles. The summed E-state index contributed by atoms with van der Waals surface area (Å²) in [5.74, 6) is 0.597. The summed E-state index contributed by atoms with van der Waals surface area (Å²) in [5.41, 5.74) is 5.02. The average molecular weight is 269 g/mol. The van der Waals surface area contributed by atoms with Gasteiger partial charge in [-0.15, -0.1) is 0 Å². The molecule has 0 aromatic rings. The van der Waals surface area contributed by atoms with Crippen molar-refractivity contribution in [1.82, 2.24) is 10.2 Å². The number of likely N-dealkylation sites (N-methyl/N-ethyl adjacent to an activating group) is 2. The Balaban J connectivity index is 1.70. The number of hydrogen-bond acceptors (Lipinski definition) is 4. The smallest absolute Gasteiger partial charge is 0.237 e. The van der Waals surface area contributed by atoms with Gasteiger partial charge in [-0.2, -0.15) is 0 Å². The number of ether oxygens (including phenoxy) is 1. The SMILES string of the molecule is CNC1(C(N)=O)CCC(N(C)CCOCC2CC2)C1. The highest BCUT2D eigenvalue weighted by molar-refractivity contribution is 5.85. The number of carbonyl (C=O) groups is 1. The second-order valence-corrected chi connectivity index (χ2v) is 6.09. The van der Waals surface area contributed by atoms with Crippen LogP contribution in [-0.4, -0.2) is 56.2 Å². The lowest BCUT2D eigenvalue weighted by atomic mass is 9.96. The van der Waals surface area contributed by atoms with Gasteiger partial charge in [-0.3, -0.25) is 4.79 Å². The molecule has 2 aliphatic rings. The molecule has 0 saturated heterocycles. The molecule has 0 aromatic carbocycles. The molecular weight excluding hydrogens is 242 g/mol. The monoisotopic (exact) mass is 269 g/mol. The van der Waals surface area contributed by atoms with E-state index in [9.17, 15) is 4.79 Å². The second kappa shape index (κ2) is 6.20. The summed E-state index contributed by atoms with van der Waals surface area (Å²) < 4.78 is 5.66. The highest BCUT2D eigenvalue weighted by Crippen LogP contribution is 2.32. The minimum atomic E-state index is -0.506. The highest BCUT2D eigenvalue weighted by Gasteiger charge is 2.43. The highest BCUT2D eigenvalue weighted by atomic mass is 16.5. The molecule has 110 valence electrons. The number of nitrogens with two attached hydrogens (primary N) is 1. The molecule has 0 bridgehead atoms. The van der Waals surface area contributed by atoms with E-state index >= 15 is 0 Å². The number of carbonyl (C=O) groups excluding carboxylic acids is 1. The Kier molecular flexibility index (Phi) is 4.81. The molecule has 2 atom stereocenters. The van der Waals surface area contributed by atoms with E-state index in [1.165, 1.54) is 12.8 Å². The van der Waals surface area contributed by atoms with E-state index in [4.69, 9.17) is 10.5 Å². The Bertz CT molecular complexity index is 320. The third kappa shape index (κ3) is 3.68. The number of hydrogen-bond donors (Lipinski definition) is 2. The first-order chi connectivity index (χ1) is 9.07. The topological polar surface area (TPSA) is 67.6 Å². The molecule has 3 N–H and O–H groups in total. The summed E-state index contributed by atoms with van der Waals surface area (Å²) in [4.78, 5) is 13.9. The van der Waals surface area contributed by atoms with E-state index in [-0.39, 0.29) is 5.91 Å². The Hall–Kier alpha value is -0.650. The molecule has 0 aromatic heterocycles. The van der Waals surface area contributed by atoms with Crippen LogP contribution in [0.1, 0.15) is 32.1 Å². The quantitative estimate of drug-likeness (QED) is 0.624. The van der Waals surface area contributed by atoms with Crippen molar-refractivity contribution in [3.8, 4) is 0 Å². The maximum atomic E-state index is 11.6. The maximum Gasteiger partial charge on any atom is 0.237 e. The maximum absolute atomic E-state index is 11.6. The van der Waals surface area contributed by atoms with Crippen LogP contribution in [0.3, 0.4) is 0 Å². The van der Waals surface area contributed by atoms with Gasteiger partial charge in [0.25, 0.3) is 0 Å². The molecule has 5 nitrogen and oxygen atoms in total. The Morgan fingerprint density at radius 3 is 2.74 bits per heavy atom. The zero-order valence-electron chi connectivity index (χ0n) is 12.2. The lowest BCUT2D eigenvalue weighted by Gasteiger charge is -2.28. The van der Waals surface area contributed by atoms with Crippen molar-refractivity contribution < 1.29 is 9.53 Å². The molecule has 2 unspecified atom stereocenters. The van der Waals surface area contributed by atoms with Gasteiger partial charge in [-0.25, -0.2) is 0 Å². The summed E-state index contributed by atoms with van der Waals surface area (Å²) in [6.07, 6.45) is 5.32. The predicted molar refractivity (Wildman–Crippen MR) is 74.8 cm³/mol. The van der Waals surface area contributed by atoms with E-state index in [1.807, 2.05) is 7.05 Å². The number of rotatable bonds is 8. The van der Waals surface area contributed by atoms with Crippen LogP contribution in [0, 0.1) is 5.92 Å². The van der Waals surface area contributed by atoms with Gasteiger partial charge in [0.05, 0.1) is 12.1 Å². The molecule has 0 radical (unpaired) electrons. The molecule has 2 fully saturated rings. The van der Waals surface area contributed by atoms with E-state index < -0.39 is 5.54 Å². The standard InChI is InChI=1S/C14H27N3O2/c1-16-14(13(15)18)6-5-12(9-14)17(2)7-8-19-10-11-3-4-11/h11-12,16H,3-10H2,1-2H3,(H2,15,18). The van der Waals surface area contributed by atoms with Crippen molar-refractivity contribution in [3.63, 3.8) is 0 Å². The molecule has 0 heterocycles. The minimum absolute atomic E-state index is 0.226. The first-order valence-electron chi connectivity index (χ1n) is 7.34. The minimum Gasteiger partial charge on any atom is -0.380 e. The van der Waals surface area contributed by atoms with E-state index in [0.717, 1.165) is 44.9 Å². The summed E-state index contributed by atoms with van der Waals surface area (Å²) in [5, 5.41) is 3.12. The van der Waals surface area contributed by atoms with Crippen molar-refractivity contribution in [2.75, 3.05) is 33.9 Å². The summed E-state index contributed by atoms with van der Waals surface area (Å²) >= 11 is 0. The molecule has 2 saturated carbocycles. The normalized spacial score (nSPS) is 31.0. The zero-order chi connectivity index (χ0) is 13.9. The van der Waals surface area contributed by atoms with Crippen LogP contribution in [0.25, 0.3) is 0 Å². The fourth-order valence-corrected chi connectivity index (χ4v) is 2.90. The number of nitrogens with one attached hydrogen (secondary N) is 1. The van der Waals surface area contributed by atoms with Crippen LogP contribution in [-0.2, 0) is 9.53 Å². The third-order valence-electron chi connectivity index (χ3n) is 4.70. The summed E-state index contributed by atoms with van der Waals surface area (Å²) in [6, 6.07) is 0.421. The first kappa shape index (κ1) is 14.8.